The quantitative estimate of drug-likeness (QED) is 0.316. The van der Waals surface area contributed by atoms with Crippen molar-refractivity contribution in [3.8, 4) is 0 Å². The highest BCUT2D eigenvalue weighted by atomic mass is 28.2. The maximum absolute atomic E-state index is 8.65. The molecule has 0 bridgehead atoms. The molecule has 1 atom stereocenters. The van der Waals surface area contributed by atoms with Gasteiger partial charge in [0.05, 0.1) is 6.10 Å². The Balaban J connectivity index is 3.40. The topological polar surface area (TPSA) is 75.7 Å². The van der Waals surface area contributed by atoms with Crippen LogP contribution in [0, 0.1) is 0 Å². The molecule has 0 fully saturated rings. The molecule has 0 aromatic rings. The third-order valence-corrected chi connectivity index (χ3v) is 1.93. The summed E-state index contributed by atoms with van der Waals surface area (Å²) in [6.45, 7) is 0.564. The van der Waals surface area contributed by atoms with Gasteiger partial charge in [-0.15, -0.1) is 0 Å². The molecule has 4 nitrogen and oxygen atoms in total. The van der Waals surface area contributed by atoms with Gasteiger partial charge in [0, 0.05) is 0 Å². The van der Waals surface area contributed by atoms with Crippen molar-refractivity contribution in [1.82, 2.24) is 0 Å². The lowest BCUT2D eigenvalue weighted by molar-refractivity contribution is -0.112. The Hall–Kier alpha value is 0.0569. The van der Waals surface area contributed by atoms with Crippen LogP contribution in [0.15, 0.2) is 0 Å². The van der Waals surface area contributed by atoms with E-state index in [2.05, 4.69) is 0 Å². The van der Waals surface area contributed by atoms with E-state index in [0.29, 0.717) is 23.5 Å². The number of aliphatic hydroxyl groups excluding tert-OH is 1. The van der Waals surface area contributed by atoms with E-state index in [9.17, 15) is 0 Å². The van der Waals surface area contributed by atoms with Crippen molar-refractivity contribution >= 4 is 10.5 Å². The molecule has 10 heavy (non-hydrogen) atoms. The van der Waals surface area contributed by atoms with Crippen molar-refractivity contribution in [1.29, 1.82) is 0 Å². The van der Waals surface area contributed by atoms with Crippen LogP contribution in [0.5, 0.6) is 0 Å². The van der Waals surface area contributed by atoms with Crippen LogP contribution in [0.1, 0.15) is 12.8 Å². The fraction of sp³-hybridized carbons (Fsp3) is 1.00. The van der Waals surface area contributed by atoms with Gasteiger partial charge in [-0.05, 0) is 19.4 Å². The van der Waals surface area contributed by atoms with Gasteiger partial charge in [-0.2, -0.15) is 0 Å². The summed E-state index contributed by atoms with van der Waals surface area (Å²) in [7, 11) is 0.526. The lowest BCUT2D eigenvalue weighted by atomic mass is 10.2. The summed E-state index contributed by atoms with van der Waals surface area (Å²) in [5.74, 6) is 0. The van der Waals surface area contributed by atoms with Crippen molar-refractivity contribution in [2.45, 2.75) is 25.2 Å². The summed E-state index contributed by atoms with van der Waals surface area (Å²) in [5.41, 5.74) is 5.22. The van der Waals surface area contributed by atoms with Gasteiger partial charge in [0.25, 0.3) is 0 Å². The number of hydrogen-bond acceptors (Lipinski definition) is 4. The zero-order valence-corrected chi connectivity index (χ0v) is 8.16. The predicted molar refractivity (Wildman–Crippen MR) is 41.3 cm³/mol. The van der Waals surface area contributed by atoms with Gasteiger partial charge in [-0.3, -0.25) is 0 Å². The van der Waals surface area contributed by atoms with Gasteiger partial charge in [0.1, 0.15) is 10.5 Å². The maximum atomic E-state index is 8.65. The first kappa shape index (κ1) is 10.1. The van der Waals surface area contributed by atoms with Crippen molar-refractivity contribution in [3.63, 3.8) is 0 Å². The average molecular weight is 165 g/mol. The minimum absolute atomic E-state index is 0.435. The smallest absolute Gasteiger partial charge is 0.177 e. The van der Waals surface area contributed by atoms with Gasteiger partial charge in [0.2, 0.25) is 0 Å². The van der Waals surface area contributed by atoms with Crippen molar-refractivity contribution in [3.05, 3.63) is 0 Å². The van der Waals surface area contributed by atoms with Crippen molar-refractivity contribution < 1.29 is 14.6 Å². The minimum atomic E-state index is -1.36. The Kier molecular flexibility index (Phi) is 5.85. The van der Waals surface area contributed by atoms with Gasteiger partial charge in [-0.25, -0.2) is 0 Å². The van der Waals surface area contributed by atoms with Crippen LogP contribution in [0.4, 0.5) is 0 Å². The van der Waals surface area contributed by atoms with Crippen molar-refractivity contribution in [2.75, 3.05) is 6.54 Å². The van der Waals surface area contributed by atoms with Gasteiger partial charge >= 0.3 is 0 Å². The monoisotopic (exact) mass is 165 g/mol. The van der Waals surface area contributed by atoms with Crippen LogP contribution >= 0.6 is 0 Å². The molecule has 0 radical (unpaired) electrons. The van der Waals surface area contributed by atoms with E-state index >= 15 is 0 Å². The molecule has 0 heterocycles. The fourth-order valence-corrected chi connectivity index (χ4v) is 1.19. The number of aliphatic hydroxyl groups is 2. The molecule has 0 aliphatic rings. The Bertz CT molecular complexity index is 81.3. The molecular formula is C5H15NO3Si. The van der Waals surface area contributed by atoms with Crippen LogP contribution in [-0.2, 0) is 4.43 Å². The molecule has 1 unspecified atom stereocenters. The first-order chi connectivity index (χ1) is 4.72. The van der Waals surface area contributed by atoms with E-state index in [-0.39, 0.29) is 0 Å². The summed E-state index contributed by atoms with van der Waals surface area (Å²) in [6.07, 6.45) is -0.401. The Morgan fingerprint density at radius 2 is 2.10 bits per heavy atom. The molecule has 0 aromatic carbocycles. The molecule has 0 spiro atoms. The molecule has 62 valence electrons. The van der Waals surface area contributed by atoms with Crippen LogP contribution in [0.3, 0.4) is 0 Å². The van der Waals surface area contributed by atoms with E-state index < -0.39 is 12.4 Å². The van der Waals surface area contributed by atoms with E-state index in [4.69, 9.17) is 20.4 Å². The third kappa shape index (κ3) is 3.97. The average Bonchev–Trinajstić information content (AvgIpc) is 1.89. The van der Waals surface area contributed by atoms with E-state index in [1.165, 1.54) is 0 Å². The summed E-state index contributed by atoms with van der Waals surface area (Å²) in [6, 6.07) is 0. The van der Waals surface area contributed by atoms with Crippen LogP contribution in [-0.4, -0.2) is 39.6 Å². The summed E-state index contributed by atoms with van der Waals surface area (Å²) >= 11 is 0. The molecule has 0 aliphatic heterocycles. The molecule has 0 saturated heterocycles. The standard InChI is InChI=1S/C5H15NO3Si/c6-3-1-2-4(9-10)5(7)8/h4-5,7-8H,1-3,6H2,10H3. The third-order valence-electron chi connectivity index (χ3n) is 1.33. The molecule has 0 saturated carbocycles. The zero-order chi connectivity index (χ0) is 7.98. The summed E-state index contributed by atoms with van der Waals surface area (Å²) in [4.78, 5) is 0. The van der Waals surface area contributed by atoms with Crippen molar-refractivity contribution in [2.24, 2.45) is 5.73 Å². The second kappa shape index (κ2) is 5.81. The lowest BCUT2D eigenvalue weighted by Gasteiger charge is -2.16. The summed E-state index contributed by atoms with van der Waals surface area (Å²) in [5, 5.41) is 17.3. The molecule has 0 amide bonds. The number of hydrogen-bond donors (Lipinski definition) is 3. The molecule has 0 rings (SSSR count). The second-order valence-electron chi connectivity index (χ2n) is 2.12. The molecule has 0 aromatic heterocycles. The second-order valence-corrected chi connectivity index (χ2v) is 2.59. The first-order valence-electron chi connectivity index (χ1n) is 3.31. The zero-order valence-electron chi connectivity index (χ0n) is 6.16. The Morgan fingerprint density at radius 1 is 1.50 bits per heavy atom. The normalized spacial score (nSPS) is 14.4. The van der Waals surface area contributed by atoms with E-state index in [0.717, 1.165) is 6.42 Å². The molecule has 5 heteroatoms. The predicted octanol–water partition coefficient (Wildman–Crippen LogP) is -2.30. The lowest BCUT2D eigenvalue weighted by Crippen LogP contribution is -2.28. The summed E-state index contributed by atoms with van der Waals surface area (Å²) < 4.78 is 4.90. The maximum Gasteiger partial charge on any atom is 0.177 e. The SMILES string of the molecule is NCCCC(O[SiH3])C(O)O. The largest absolute Gasteiger partial charge is 0.420 e. The van der Waals surface area contributed by atoms with E-state index in [1.807, 2.05) is 0 Å². The van der Waals surface area contributed by atoms with Crippen LogP contribution in [0.2, 0.25) is 0 Å². The molecule has 0 aliphatic carbocycles. The van der Waals surface area contributed by atoms with Gasteiger partial charge in [-0.1, -0.05) is 0 Å². The van der Waals surface area contributed by atoms with Crippen LogP contribution in [0.25, 0.3) is 0 Å². The van der Waals surface area contributed by atoms with E-state index in [1.54, 1.807) is 0 Å². The Labute approximate surface area is 63.5 Å². The minimum Gasteiger partial charge on any atom is -0.420 e. The van der Waals surface area contributed by atoms with Crippen LogP contribution < -0.4 is 5.73 Å². The Morgan fingerprint density at radius 3 is 2.40 bits per heavy atom. The fourth-order valence-electron chi connectivity index (χ4n) is 0.708. The first-order valence-corrected chi connectivity index (χ1v) is 4.13. The number of rotatable bonds is 5. The molecular weight excluding hydrogens is 150 g/mol. The highest BCUT2D eigenvalue weighted by molar-refractivity contribution is 5.98. The number of nitrogens with two attached hydrogens (primary N) is 1. The van der Waals surface area contributed by atoms with Gasteiger partial charge < -0.3 is 20.4 Å². The van der Waals surface area contributed by atoms with Gasteiger partial charge in [0.15, 0.2) is 6.29 Å². The highest BCUT2D eigenvalue weighted by Crippen LogP contribution is 2.02. The molecule has 4 N–H and O–H groups in total. The highest BCUT2D eigenvalue weighted by Gasteiger charge is 2.13.